The lowest BCUT2D eigenvalue weighted by molar-refractivity contribution is -0.128. The minimum atomic E-state index is 0.0240. The number of hydrogen-bond acceptors (Lipinski definition) is 6. The molecule has 1 fully saturated rings. The molecule has 3 aliphatic rings. The maximum Gasteiger partial charge on any atom is 0.219 e. The van der Waals surface area contributed by atoms with E-state index in [1.165, 1.54) is 0 Å². The normalized spacial score (nSPS) is 21.8. The number of ether oxygens (including phenoxy) is 1. The number of aromatic nitrogens is 2. The van der Waals surface area contributed by atoms with Crippen molar-refractivity contribution in [3.05, 3.63) is 47.4 Å². The van der Waals surface area contributed by atoms with Crippen molar-refractivity contribution in [2.24, 2.45) is 13.0 Å². The van der Waals surface area contributed by atoms with Gasteiger partial charge in [0.2, 0.25) is 5.91 Å². The van der Waals surface area contributed by atoms with E-state index in [1.54, 1.807) is 11.6 Å². The Kier molecular flexibility index (Phi) is 7.62. The lowest BCUT2D eigenvalue weighted by Crippen LogP contribution is -2.45. The van der Waals surface area contributed by atoms with Crippen LogP contribution in [0, 0.1) is 11.3 Å². The van der Waals surface area contributed by atoms with Crippen molar-refractivity contribution in [3.63, 3.8) is 0 Å². The number of aliphatic hydroxyl groups is 1. The number of amides is 1. The Labute approximate surface area is 218 Å². The van der Waals surface area contributed by atoms with Crippen LogP contribution in [0.2, 0.25) is 0 Å². The summed E-state index contributed by atoms with van der Waals surface area (Å²) in [6.07, 6.45) is 7.46. The van der Waals surface area contributed by atoms with Crippen molar-refractivity contribution in [1.82, 2.24) is 20.0 Å². The largest absolute Gasteiger partial charge is 0.396 e. The predicted octanol–water partition coefficient (Wildman–Crippen LogP) is 2.87. The lowest BCUT2D eigenvalue weighted by Gasteiger charge is -2.39. The second kappa shape index (κ2) is 11.1. The van der Waals surface area contributed by atoms with Gasteiger partial charge < -0.3 is 25.0 Å². The van der Waals surface area contributed by atoms with Crippen LogP contribution >= 0.6 is 0 Å². The molecule has 9 nitrogen and oxygen atoms in total. The fourth-order valence-corrected chi connectivity index (χ4v) is 5.71. The zero-order chi connectivity index (χ0) is 25.9. The molecule has 37 heavy (non-hydrogen) atoms. The molecule has 1 unspecified atom stereocenters. The van der Waals surface area contributed by atoms with Crippen molar-refractivity contribution < 1.29 is 14.6 Å². The molecular weight excluding hydrogens is 468 g/mol. The van der Waals surface area contributed by atoms with Gasteiger partial charge in [0, 0.05) is 87.9 Å². The van der Waals surface area contributed by atoms with E-state index in [-0.39, 0.29) is 18.4 Å². The van der Waals surface area contributed by atoms with Crippen LogP contribution in [-0.2, 0) is 16.6 Å². The zero-order valence-electron chi connectivity index (χ0n) is 21.9. The molecule has 1 aromatic heterocycles. The summed E-state index contributed by atoms with van der Waals surface area (Å²) in [6.45, 7) is 5.95. The van der Waals surface area contributed by atoms with Crippen molar-refractivity contribution >= 4 is 17.4 Å². The predicted molar refractivity (Wildman–Crippen MR) is 144 cm³/mol. The summed E-state index contributed by atoms with van der Waals surface area (Å²) < 4.78 is 7.30. The molecule has 198 valence electrons. The number of nitrogens with one attached hydrogen (secondary N) is 2. The number of anilines is 1. The highest BCUT2D eigenvalue weighted by atomic mass is 16.5. The summed E-state index contributed by atoms with van der Waals surface area (Å²) in [5.74, 6) is 1.08. The fourth-order valence-electron chi connectivity index (χ4n) is 5.71. The van der Waals surface area contributed by atoms with Crippen molar-refractivity contribution in [2.45, 2.75) is 38.5 Å². The summed E-state index contributed by atoms with van der Waals surface area (Å²) in [5, 5.41) is 27.4. The second-order valence-electron chi connectivity index (χ2n) is 10.4. The van der Waals surface area contributed by atoms with Crippen LogP contribution in [0.15, 0.2) is 41.9 Å². The molecule has 0 spiro atoms. The smallest absolute Gasteiger partial charge is 0.219 e. The first-order chi connectivity index (χ1) is 17.9. The minimum absolute atomic E-state index is 0.0240. The van der Waals surface area contributed by atoms with E-state index in [4.69, 9.17) is 4.74 Å². The molecule has 1 aromatic carbocycles. The number of amidine groups is 1. The summed E-state index contributed by atoms with van der Waals surface area (Å²) in [7, 11) is 1.90. The third-order valence-electron chi connectivity index (χ3n) is 7.98. The highest BCUT2D eigenvalue weighted by Crippen LogP contribution is 2.39. The summed E-state index contributed by atoms with van der Waals surface area (Å²) >= 11 is 0. The van der Waals surface area contributed by atoms with E-state index in [1.807, 2.05) is 24.3 Å². The summed E-state index contributed by atoms with van der Waals surface area (Å²) in [4.78, 5) is 16.1. The van der Waals surface area contributed by atoms with Gasteiger partial charge in [-0.2, -0.15) is 5.10 Å². The van der Waals surface area contributed by atoms with Gasteiger partial charge >= 0.3 is 0 Å². The van der Waals surface area contributed by atoms with Gasteiger partial charge in [-0.05, 0) is 48.4 Å². The quantitative estimate of drug-likeness (QED) is 0.394. The lowest BCUT2D eigenvalue weighted by atomic mass is 9.87. The monoisotopic (exact) mass is 506 g/mol. The van der Waals surface area contributed by atoms with E-state index in [0.29, 0.717) is 31.4 Å². The van der Waals surface area contributed by atoms with Crippen molar-refractivity contribution in [2.75, 3.05) is 50.9 Å². The van der Waals surface area contributed by atoms with Gasteiger partial charge in [-0.3, -0.25) is 14.9 Å². The molecule has 0 aliphatic carbocycles. The van der Waals surface area contributed by atoms with Gasteiger partial charge in [-0.25, -0.2) is 0 Å². The molecule has 0 radical (unpaired) electrons. The van der Waals surface area contributed by atoms with Crippen LogP contribution in [0.5, 0.6) is 0 Å². The van der Waals surface area contributed by atoms with Crippen molar-refractivity contribution in [3.8, 4) is 11.1 Å². The van der Waals surface area contributed by atoms with Crippen LogP contribution in [0.3, 0.4) is 0 Å². The first-order valence-corrected chi connectivity index (χ1v) is 13.3. The van der Waals surface area contributed by atoms with E-state index in [0.717, 1.165) is 79.1 Å². The number of rotatable bonds is 7. The van der Waals surface area contributed by atoms with Crippen LogP contribution in [0.4, 0.5) is 5.69 Å². The molecular formula is C28H38N6O3. The number of hydrogen-bond donors (Lipinski definition) is 3. The van der Waals surface area contributed by atoms with Gasteiger partial charge in [0.05, 0.1) is 19.3 Å². The molecule has 3 aliphatic heterocycles. The Morgan fingerprint density at radius 2 is 2.14 bits per heavy atom. The van der Waals surface area contributed by atoms with Gasteiger partial charge in [0.15, 0.2) is 0 Å². The number of aryl methyl sites for hydroxylation is 1. The Morgan fingerprint density at radius 3 is 2.84 bits per heavy atom. The highest BCUT2D eigenvalue weighted by molar-refractivity contribution is 6.09. The van der Waals surface area contributed by atoms with E-state index in [9.17, 15) is 15.3 Å². The molecule has 0 bridgehead atoms. The molecule has 0 saturated carbocycles. The van der Waals surface area contributed by atoms with Crippen LogP contribution < -0.4 is 10.2 Å². The maximum atomic E-state index is 12.2. The molecule has 2 atom stereocenters. The van der Waals surface area contributed by atoms with E-state index >= 15 is 0 Å². The van der Waals surface area contributed by atoms with Gasteiger partial charge in [0.1, 0.15) is 5.84 Å². The second-order valence-corrected chi connectivity index (χ2v) is 10.4. The molecule has 4 heterocycles. The molecule has 3 N–H and O–H groups in total. The third-order valence-corrected chi connectivity index (χ3v) is 7.98. The molecule has 5 rings (SSSR count). The highest BCUT2D eigenvalue weighted by Gasteiger charge is 2.32. The van der Waals surface area contributed by atoms with E-state index in [2.05, 4.69) is 33.5 Å². The SMILES string of the molecule is CC(=O)N1CCC(NCC[C@H]2CCOC2)=C(C(=N)N2CCC(CO)c3cc(-c4cnn(C)c4)ccc32)C1. The Bertz CT molecular complexity index is 1180. The first kappa shape index (κ1) is 25.5. The average Bonchev–Trinajstić information content (AvgIpc) is 3.59. The van der Waals surface area contributed by atoms with Gasteiger partial charge in [-0.15, -0.1) is 0 Å². The number of aliphatic hydroxyl groups excluding tert-OH is 1. The minimum Gasteiger partial charge on any atom is -0.396 e. The van der Waals surface area contributed by atoms with E-state index < -0.39 is 0 Å². The Balaban J connectivity index is 1.43. The number of nitrogens with zero attached hydrogens (tertiary/aromatic N) is 4. The summed E-state index contributed by atoms with van der Waals surface area (Å²) in [5.41, 5.74) is 6.04. The maximum absolute atomic E-state index is 12.2. The number of carbonyl (C=O) groups is 1. The molecule has 1 amide bonds. The standard InChI is InChI=1S/C28H38N6O3/c1-19(36)33-10-7-26(30-9-5-20-8-12-37-18-20)25(16-33)28(29)34-11-6-22(17-35)24-13-21(3-4-27(24)34)23-14-31-32(2)15-23/h3-4,13-15,20,22,29-30,35H,5-12,16-18H2,1-2H3/t20-,22?/m0/s1. The number of benzene rings is 1. The molecule has 9 heteroatoms. The zero-order valence-corrected chi connectivity index (χ0v) is 21.9. The summed E-state index contributed by atoms with van der Waals surface area (Å²) in [6, 6.07) is 6.26. The fraction of sp³-hybridized carbons (Fsp3) is 0.536. The van der Waals surface area contributed by atoms with Crippen LogP contribution in [0.1, 0.15) is 44.1 Å². The first-order valence-electron chi connectivity index (χ1n) is 13.3. The Morgan fingerprint density at radius 1 is 1.27 bits per heavy atom. The average molecular weight is 507 g/mol. The molecule has 1 saturated heterocycles. The van der Waals surface area contributed by atoms with Gasteiger partial charge in [0.25, 0.3) is 0 Å². The van der Waals surface area contributed by atoms with Crippen LogP contribution in [0.25, 0.3) is 11.1 Å². The number of carbonyl (C=O) groups excluding carboxylic acids is 1. The molecule has 2 aromatic rings. The Hall–Kier alpha value is -3.17. The topological polar surface area (TPSA) is 107 Å². The number of fused-ring (bicyclic) bond motifs is 1. The van der Waals surface area contributed by atoms with Crippen LogP contribution in [-0.4, -0.2) is 77.5 Å². The third kappa shape index (κ3) is 5.43. The van der Waals surface area contributed by atoms with Crippen molar-refractivity contribution in [1.29, 1.82) is 5.41 Å². The van der Waals surface area contributed by atoms with Gasteiger partial charge in [-0.1, -0.05) is 6.07 Å².